The van der Waals surface area contributed by atoms with Gasteiger partial charge in [-0.1, -0.05) is 36.4 Å². The maximum atomic E-state index is 12.5. The van der Waals surface area contributed by atoms with Gasteiger partial charge in [0.05, 0.1) is 0 Å². The summed E-state index contributed by atoms with van der Waals surface area (Å²) >= 11 is 0. The van der Waals surface area contributed by atoms with Gasteiger partial charge in [0.15, 0.2) is 5.96 Å². The number of guanidine groups is 1. The lowest BCUT2D eigenvalue weighted by molar-refractivity contribution is -0.131. The van der Waals surface area contributed by atoms with Crippen molar-refractivity contribution in [3.05, 3.63) is 70.8 Å². The van der Waals surface area contributed by atoms with Gasteiger partial charge in [-0.3, -0.25) is 14.6 Å². The number of aliphatic imine (C=N–C) groups is 1. The minimum absolute atomic E-state index is 0. The number of benzene rings is 2. The molecular weight excluding hydrogens is 529 g/mol. The van der Waals surface area contributed by atoms with E-state index in [4.69, 9.17) is 0 Å². The number of rotatable bonds is 9. The van der Waals surface area contributed by atoms with Gasteiger partial charge in [0.2, 0.25) is 5.91 Å². The van der Waals surface area contributed by atoms with Crippen LogP contribution in [0.4, 0.5) is 0 Å². The second kappa shape index (κ2) is 13.8. The fourth-order valence-corrected chi connectivity index (χ4v) is 3.77. The summed E-state index contributed by atoms with van der Waals surface area (Å²) in [6, 6.07) is 15.9. The number of nitrogens with zero attached hydrogens (tertiary/aromatic N) is 2. The summed E-state index contributed by atoms with van der Waals surface area (Å²) < 4.78 is 0. The second-order valence-electron chi connectivity index (χ2n) is 7.84. The summed E-state index contributed by atoms with van der Waals surface area (Å²) in [4.78, 5) is 30.8. The minimum Gasteiger partial charge on any atom is -0.357 e. The van der Waals surface area contributed by atoms with Gasteiger partial charge < -0.3 is 20.9 Å². The quantitative estimate of drug-likeness (QED) is 0.190. The molecule has 0 atom stereocenters. The van der Waals surface area contributed by atoms with Crippen LogP contribution in [0.15, 0.2) is 53.5 Å². The van der Waals surface area contributed by atoms with E-state index in [0.29, 0.717) is 38.2 Å². The van der Waals surface area contributed by atoms with E-state index in [1.54, 1.807) is 7.05 Å². The van der Waals surface area contributed by atoms with Crippen LogP contribution < -0.4 is 16.0 Å². The van der Waals surface area contributed by atoms with Crippen molar-refractivity contribution in [2.45, 2.75) is 39.3 Å². The first-order chi connectivity index (χ1) is 15.6. The number of carbonyl (C=O) groups excluding carboxylic acids is 2. The zero-order valence-corrected chi connectivity index (χ0v) is 21.7. The lowest BCUT2D eigenvalue weighted by Crippen LogP contribution is -2.38. The predicted molar refractivity (Wildman–Crippen MR) is 143 cm³/mol. The van der Waals surface area contributed by atoms with Crippen LogP contribution in [0, 0.1) is 0 Å². The van der Waals surface area contributed by atoms with E-state index in [1.165, 1.54) is 11.1 Å². The van der Waals surface area contributed by atoms with Crippen LogP contribution in [-0.4, -0.2) is 49.4 Å². The third kappa shape index (κ3) is 8.03. The Morgan fingerprint density at radius 2 is 1.76 bits per heavy atom. The van der Waals surface area contributed by atoms with Crippen LogP contribution in [0.25, 0.3) is 0 Å². The molecule has 0 spiro atoms. The molecule has 2 aromatic carbocycles. The third-order valence-electron chi connectivity index (χ3n) is 5.48. The molecule has 7 nitrogen and oxygen atoms in total. The number of nitrogens with one attached hydrogen (secondary N) is 3. The first-order valence-corrected chi connectivity index (χ1v) is 11.3. The fraction of sp³-hybridized carbons (Fsp3) is 0.400. The molecule has 8 heteroatoms. The number of carbonyl (C=O) groups is 2. The highest BCUT2D eigenvalue weighted by Gasteiger charge is 2.22. The summed E-state index contributed by atoms with van der Waals surface area (Å²) in [5, 5.41) is 9.22. The van der Waals surface area contributed by atoms with Crippen LogP contribution in [0.1, 0.15) is 46.8 Å². The SMILES string of the molecule is CCNC(=NCCCC(=O)N1Cc2ccccc2C1)NCCc1cccc(C(=O)NC)c1.I. The number of hydrogen-bond donors (Lipinski definition) is 3. The van der Waals surface area contributed by atoms with Gasteiger partial charge in [-0.25, -0.2) is 0 Å². The molecule has 0 fully saturated rings. The summed E-state index contributed by atoms with van der Waals surface area (Å²) in [6.45, 7) is 5.51. The van der Waals surface area contributed by atoms with E-state index >= 15 is 0 Å². The average Bonchev–Trinajstić information content (AvgIpc) is 3.26. The Balaban J connectivity index is 0.00000385. The molecule has 33 heavy (non-hydrogen) atoms. The standard InChI is InChI=1S/C25H33N5O2.HI/c1-3-27-25(29-15-13-19-8-6-11-20(16-19)24(32)26-2)28-14-7-12-23(31)30-17-21-9-4-5-10-22(21)18-30;/h4-6,8-11,16H,3,7,12-15,17-18H2,1-2H3,(H,26,32)(H2,27,28,29);1H. The molecule has 0 bridgehead atoms. The normalized spacial score (nSPS) is 12.5. The monoisotopic (exact) mass is 563 g/mol. The van der Waals surface area contributed by atoms with Gasteiger partial charge in [0, 0.05) is 51.8 Å². The zero-order chi connectivity index (χ0) is 22.8. The Kier molecular flexibility index (Phi) is 11.2. The van der Waals surface area contributed by atoms with Crippen molar-refractivity contribution in [2.75, 3.05) is 26.7 Å². The molecule has 0 aliphatic carbocycles. The number of halogens is 1. The van der Waals surface area contributed by atoms with E-state index < -0.39 is 0 Å². The zero-order valence-electron chi connectivity index (χ0n) is 19.4. The highest BCUT2D eigenvalue weighted by atomic mass is 127. The largest absolute Gasteiger partial charge is 0.357 e. The first-order valence-electron chi connectivity index (χ1n) is 11.3. The van der Waals surface area contributed by atoms with E-state index in [0.717, 1.165) is 30.9 Å². The first kappa shape index (κ1) is 26.6. The molecule has 0 aromatic heterocycles. The van der Waals surface area contributed by atoms with Crippen molar-refractivity contribution in [3.63, 3.8) is 0 Å². The smallest absolute Gasteiger partial charge is 0.251 e. The van der Waals surface area contributed by atoms with Gasteiger partial charge in [0.1, 0.15) is 0 Å². The van der Waals surface area contributed by atoms with Crippen molar-refractivity contribution in [2.24, 2.45) is 4.99 Å². The molecule has 3 rings (SSSR count). The molecule has 2 amide bonds. The third-order valence-corrected chi connectivity index (χ3v) is 5.48. The van der Waals surface area contributed by atoms with Crippen LogP contribution in [0.2, 0.25) is 0 Å². The van der Waals surface area contributed by atoms with E-state index in [1.807, 2.05) is 48.2 Å². The Hall–Kier alpha value is -2.62. The number of amides is 2. The molecule has 2 aromatic rings. The molecule has 0 radical (unpaired) electrons. The van der Waals surface area contributed by atoms with Gasteiger partial charge in [-0.2, -0.15) is 0 Å². The van der Waals surface area contributed by atoms with Crippen LogP contribution in [0.5, 0.6) is 0 Å². The maximum absolute atomic E-state index is 12.5. The topological polar surface area (TPSA) is 85.8 Å². The summed E-state index contributed by atoms with van der Waals surface area (Å²) in [5.41, 5.74) is 4.25. The van der Waals surface area contributed by atoms with E-state index in [2.05, 4.69) is 33.1 Å². The van der Waals surface area contributed by atoms with Gasteiger partial charge in [-0.15, -0.1) is 24.0 Å². The molecule has 178 valence electrons. The molecule has 1 aliphatic heterocycles. The minimum atomic E-state index is -0.0814. The van der Waals surface area contributed by atoms with Crippen molar-refractivity contribution in [1.29, 1.82) is 0 Å². The number of hydrogen-bond acceptors (Lipinski definition) is 3. The van der Waals surface area contributed by atoms with Crippen LogP contribution in [0.3, 0.4) is 0 Å². The Bertz CT molecular complexity index is 938. The van der Waals surface area contributed by atoms with Crippen molar-refractivity contribution >= 4 is 41.8 Å². The molecule has 0 saturated heterocycles. The number of fused-ring (bicyclic) bond motifs is 1. The Labute approximate surface area is 213 Å². The van der Waals surface area contributed by atoms with Crippen LogP contribution >= 0.6 is 24.0 Å². The van der Waals surface area contributed by atoms with Gasteiger partial charge >= 0.3 is 0 Å². The molecule has 0 unspecified atom stereocenters. The summed E-state index contributed by atoms with van der Waals surface area (Å²) in [7, 11) is 1.63. The van der Waals surface area contributed by atoms with E-state index in [-0.39, 0.29) is 35.8 Å². The van der Waals surface area contributed by atoms with Crippen LogP contribution in [-0.2, 0) is 24.3 Å². The molecule has 1 aliphatic rings. The van der Waals surface area contributed by atoms with Gasteiger partial charge in [0.25, 0.3) is 5.91 Å². The Morgan fingerprint density at radius 1 is 1.03 bits per heavy atom. The summed E-state index contributed by atoms with van der Waals surface area (Å²) in [6.07, 6.45) is 2.00. The fourth-order valence-electron chi connectivity index (χ4n) is 3.77. The highest BCUT2D eigenvalue weighted by Crippen LogP contribution is 2.22. The average molecular weight is 563 g/mol. The van der Waals surface area contributed by atoms with E-state index in [9.17, 15) is 9.59 Å². The summed E-state index contributed by atoms with van der Waals surface area (Å²) in [5.74, 6) is 0.850. The molecule has 1 heterocycles. The highest BCUT2D eigenvalue weighted by molar-refractivity contribution is 14.0. The molecule has 0 saturated carbocycles. The predicted octanol–water partition coefficient (Wildman–Crippen LogP) is 3.08. The maximum Gasteiger partial charge on any atom is 0.251 e. The molecule has 3 N–H and O–H groups in total. The lowest BCUT2D eigenvalue weighted by atomic mass is 10.1. The van der Waals surface area contributed by atoms with Crippen molar-refractivity contribution in [1.82, 2.24) is 20.9 Å². The van der Waals surface area contributed by atoms with Gasteiger partial charge in [-0.05, 0) is 48.6 Å². The second-order valence-corrected chi connectivity index (χ2v) is 7.84. The Morgan fingerprint density at radius 3 is 2.42 bits per heavy atom. The molecular formula is C25H34IN5O2. The lowest BCUT2D eigenvalue weighted by Gasteiger charge is -2.15. The van der Waals surface area contributed by atoms with Crippen molar-refractivity contribution < 1.29 is 9.59 Å². The van der Waals surface area contributed by atoms with Crippen molar-refractivity contribution in [3.8, 4) is 0 Å².